The van der Waals surface area contributed by atoms with E-state index in [9.17, 15) is 96.8 Å². The lowest BCUT2D eigenvalue weighted by atomic mass is 10.1. The lowest BCUT2D eigenvalue weighted by Gasteiger charge is -2.28. The second kappa shape index (κ2) is 19.8. The van der Waals surface area contributed by atoms with E-state index in [4.69, 9.17) is 4.74 Å². The van der Waals surface area contributed by atoms with Crippen LogP contribution in [0.3, 0.4) is 0 Å². The van der Waals surface area contributed by atoms with Crippen molar-refractivity contribution in [2.24, 2.45) is 0 Å². The highest BCUT2D eigenvalue weighted by Gasteiger charge is 2.46. The van der Waals surface area contributed by atoms with Crippen LogP contribution in [-0.4, -0.2) is 159 Å². The summed E-state index contributed by atoms with van der Waals surface area (Å²) < 4.78 is 162. The number of ether oxygens (including phenoxy) is 1. The lowest BCUT2D eigenvalue weighted by Crippen LogP contribution is -2.46. The number of hydrogen-bond acceptors (Lipinski definition) is 10. The van der Waals surface area contributed by atoms with Crippen LogP contribution in [0.15, 0.2) is 15.8 Å². The molecule has 0 bridgehead atoms. The van der Waals surface area contributed by atoms with Gasteiger partial charge in [-0.05, 0) is 32.1 Å². The number of H-pyrrole nitrogens is 1. The van der Waals surface area contributed by atoms with E-state index < -0.39 is 174 Å². The van der Waals surface area contributed by atoms with Gasteiger partial charge in [0, 0.05) is 57.6 Å². The number of rotatable bonds is 18. The van der Waals surface area contributed by atoms with E-state index in [2.05, 4.69) is 0 Å². The predicted octanol–water partition coefficient (Wildman–Crippen LogP) is 0.102. The normalized spacial score (nSPS) is 19.0. The number of aliphatic hydroxyl groups excluding tert-OH is 3. The van der Waals surface area contributed by atoms with Crippen LogP contribution in [-0.2, 0) is 30.3 Å². The minimum atomic E-state index is -5.56. The highest BCUT2D eigenvalue weighted by atomic mass is 19.4. The number of nitrogens with zero attached hydrogens (tertiary/aromatic N) is 4. The van der Waals surface area contributed by atoms with Gasteiger partial charge in [0.05, 0.1) is 6.61 Å². The van der Waals surface area contributed by atoms with Gasteiger partial charge in [-0.1, -0.05) is 0 Å². The highest BCUT2D eigenvalue weighted by Crippen LogP contribution is 2.28. The first kappa shape index (κ1) is 48.7. The Hall–Kier alpha value is -4.44. The molecule has 57 heavy (non-hydrogen) atoms. The SMILES string of the molecule is O=C(NCCCN(CCCCN(CCCN(CCc1cn([C@@H]2O[C@H](CO)[C@@H](O)[C@H]2O)c(=O)[nH]c1=O)C(=O)C(F)(F)F)C(=O)C(F)(F)F)C(=O)C(F)(F)F)C(F)(F)F. The minimum absolute atomic E-state index is 0.0648. The molecule has 0 saturated carbocycles. The molecule has 0 unspecified atom stereocenters. The Balaban J connectivity index is 2.15. The number of alkyl halides is 12. The van der Waals surface area contributed by atoms with Gasteiger partial charge in [-0.3, -0.25) is 33.5 Å². The van der Waals surface area contributed by atoms with Crippen molar-refractivity contribution in [3.8, 4) is 0 Å². The highest BCUT2D eigenvalue weighted by molar-refractivity contribution is 5.83. The number of aliphatic hydroxyl groups is 3. The molecule has 326 valence electrons. The topological polar surface area (TPSA) is 215 Å². The van der Waals surface area contributed by atoms with Gasteiger partial charge in [0.25, 0.3) is 5.56 Å². The molecule has 0 aromatic carbocycles. The van der Waals surface area contributed by atoms with Crippen molar-refractivity contribution in [2.75, 3.05) is 52.4 Å². The Morgan fingerprint density at radius 2 is 1.12 bits per heavy atom. The summed E-state index contributed by atoms with van der Waals surface area (Å²) in [6, 6.07) is 0. The predicted molar refractivity (Wildman–Crippen MR) is 163 cm³/mol. The number of hydrogen-bond donors (Lipinski definition) is 5. The van der Waals surface area contributed by atoms with Crippen LogP contribution in [0.5, 0.6) is 0 Å². The van der Waals surface area contributed by atoms with Gasteiger partial charge >= 0.3 is 54.0 Å². The minimum Gasteiger partial charge on any atom is -0.394 e. The van der Waals surface area contributed by atoms with E-state index in [1.54, 1.807) is 4.98 Å². The van der Waals surface area contributed by atoms with Crippen molar-refractivity contribution in [3.63, 3.8) is 0 Å². The molecule has 1 aromatic rings. The second-order valence-corrected chi connectivity index (χ2v) is 12.3. The molecule has 4 amide bonds. The molecule has 1 aromatic heterocycles. The van der Waals surface area contributed by atoms with Gasteiger partial charge in [-0.15, -0.1) is 0 Å². The van der Waals surface area contributed by atoms with Crippen LogP contribution in [0.25, 0.3) is 0 Å². The van der Waals surface area contributed by atoms with E-state index in [0.29, 0.717) is 4.57 Å². The molecule has 1 fully saturated rings. The van der Waals surface area contributed by atoms with Crippen LogP contribution >= 0.6 is 0 Å². The van der Waals surface area contributed by atoms with Crippen molar-refractivity contribution >= 4 is 23.6 Å². The fourth-order valence-corrected chi connectivity index (χ4v) is 5.37. The van der Waals surface area contributed by atoms with Gasteiger partial charge in [-0.25, -0.2) is 4.79 Å². The van der Waals surface area contributed by atoms with E-state index in [1.807, 2.05) is 0 Å². The Bertz CT molecular complexity index is 1660. The Labute approximate surface area is 311 Å². The van der Waals surface area contributed by atoms with E-state index in [1.165, 1.54) is 5.32 Å². The fourth-order valence-electron chi connectivity index (χ4n) is 5.37. The molecule has 2 rings (SSSR count). The standard InChI is InChI=1S/C29H36F12N6O10/c30-26(31,32)21(52)42-6-3-9-44(22(53)27(33,34)35)7-1-2-8-45(23(54)28(36,37)38)10-4-11-46(24(55)29(39,40)41)12-5-15-13-47(25(56)43-19(15)51)20-18(50)17(49)16(14-48)57-20/h13,16-18,20,48-50H,1-12,14H2,(H,42,52)(H,43,51,56)/t16-,17-,18-,20-/m1/s1. The number of halogens is 12. The lowest BCUT2D eigenvalue weighted by molar-refractivity contribution is -0.187. The summed E-state index contributed by atoms with van der Waals surface area (Å²) in [5.74, 6) is -9.94. The smallest absolute Gasteiger partial charge is 0.394 e. The average molecular weight is 857 g/mol. The number of carbonyl (C=O) groups is 4. The molecule has 0 radical (unpaired) electrons. The Morgan fingerprint density at radius 1 is 0.684 bits per heavy atom. The van der Waals surface area contributed by atoms with Crippen molar-refractivity contribution in [1.29, 1.82) is 0 Å². The zero-order valence-corrected chi connectivity index (χ0v) is 29.1. The number of aromatic amines is 1. The molecule has 28 heteroatoms. The first-order valence-corrected chi connectivity index (χ1v) is 16.5. The largest absolute Gasteiger partial charge is 0.471 e. The van der Waals surface area contributed by atoms with Crippen LogP contribution < -0.4 is 16.6 Å². The maximum absolute atomic E-state index is 13.5. The molecule has 0 spiro atoms. The maximum atomic E-state index is 13.5. The van der Waals surface area contributed by atoms with Gasteiger partial charge in [0.1, 0.15) is 18.3 Å². The van der Waals surface area contributed by atoms with Gasteiger partial charge < -0.3 is 40.1 Å². The quantitative estimate of drug-likeness (QED) is 0.0993. The van der Waals surface area contributed by atoms with E-state index >= 15 is 0 Å². The third-order valence-corrected chi connectivity index (χ3v) is 8.18. The van der Waals surface area contributed by atoms with Crippen LogP contribution in [0.2, 0.25) is 0 Å². The molecule has 5 N–H and O–H groups in total. The first-order valence-electron chi connectivity index (χ1n) is 16.5. The van der Waals surface area contributed by atoms with Crippen molar-refractivity contribution in [1.82, 2.24) is 29.6 Å². The van der Waals surface area contributed by atoms with E-state index in [-0.39, 0.29) is 14.7 Å². The third kappa shape index (κ3) is 14.2. The summed E-state index contributed by atoms with van der Waals surface area (Å²) in [6.07, 6.45) is -31.0. The number of unbranched alkanes of at least 4 members (excludes halogenated alkanes) is 1. The summed E-state index contributed by atoms with van der Waals surface area (Å²) in [7, 11) is 0. The number of aromatic nitrogens is 2. The summed E-state index contributed by atoms with van der Waals surface area (Å²) >= 11 is 0. The fraction of sp³-hybridized carbons (Fsp3) is 0.724. The number of carbonyl (C=O) groups excluding carboxylic acids is 4. The molecule has 4 atom stereocenters. The Morgan fingerprint density at radius 3 is 1.54 bits per heavy atom. The van der Waals surface area contributed by atoms with Crippen molar-refractivity contribution in [2.45, 2.75) is 81.3 Å². The van der Waals surface area contributed by atoms with Crippen LogP contribution in [0.4, 0.5) is 52.7 Å². The molecule has 16 nitrogen and oxygen atoms in total. The van der Waals surface area contributed by atoms with E-state index in [0.717, 1.165) is 6.20 Å². The summed E-state index contributed by atoms with van der Waals surface area (Å²) in [4.78, 5) is 73.8. The molecule has 0 aliphatic carbocycles. The molecule has 1 aliphatic heterocycles. The van der Waals surface area contributed by atoms with Crippen LogP contribution in [0, 0.1) is 0 Å². The van der Waals surface area contributed by atoms with Gasteiger partial charge in [0.15, 0.2) is 6.23 Å². The number of nitrogens with one attached hydrogen (secondary N) is 2. The first-order chi connectivity index (χ1) is 26.1. The molecule has 2 heterocycles. The average Bonchev–Trinajstić information content (AvgIpc) is 3.38. The second-order valence-electron chi connectivity index (χ2n) is 12.3. The summed E-state index contributed by atoms with van der Waals surface area (Å²) in [6.45, 7) is -7.17. The van der Waals surface area contributed by atoms with Gasteiger partial charge in [-0.2, -0.15) is 52.7 Å². The molecule has 1 saturated heterocycles. The zero-order valence-electron chi connectivity index (χ0n) is 29.1. The molecular weight excluding hydrogens is 820 g/mol. The maximum Gasteiger partial charge on any atom is 0.471 e. The monoisotopic (exact) mass is 856 g/mol. The number of amides is 4. The summed E-state index contributed by atoms with van der Waals surface area (Å²) in [5, 5.41) is 30.8. The Kier molecular flexibility index (Phi) is 16.9. The van der Waals surface area contributed by atoms with Crippen molar-refractivity contribution < 1.29 is 91.9 Å². The molecular formula is C29H36F12N6O10. The summed E-state index contributed by atoms with van der Waals surface area (Å²) in [5.41, 5.74) is -2.87. The van der Waals surface area contributed by atoms with Crippen LogP contribution in [0.1, 0.15) is 37.5 Å². The van der Waals surface area contributed by atoms with Gasteiger partial charge in [0.2, 0.25) is 0 Å². The van der Waals surface area contributed by atoms with Crippen molar-refractivity contribution in [3.05, 3.63) is 32.6 Å². The third-order valence-electron chi connectivity index (χ3n) is 8.18. The molecule has 1 aliphatic rings. The zero-order chi connectivity index (χ0) is 43.7.